The minimum Gasteiger partial charge on any atom is -0.435 e. The molecule has 43 heavy (non-hydrogen) atoms. The maximum atomic E-state index is 13.7. The maximum Gasteiger partial charge on any atom is 0.437 e. The zero-order valence-electron chi connectivity index (χ0n) is 23.5. The second-order valence-electron chi connectivity index (χ2n) is 11.0. The van der Waals surface area contributed by atoms with Crippen molar-refractivity contribution in [3.05, 3.63) is 101 Å². The zero-order valence-corrected chi connectivity index (χ0v) is 24.3. The van der Waals surface area contributed by atoms with Crippen molar-refractivity contribution in [1.29, 1.82) is 0 Å². The van der Waals surface area contributed by atoms with Gasteiger partial charge in [-0.25, -0.2) is 4.98 Å². The zero-order chi connectivity index (χ0) is 30.6. The van der Waals surface area contributed by atoms with Crippen molar-refractivity contribution >= 4 is 34.8 Å². The van der Waals surface area contributed by atoms with Crippen LogP contribution >= 0.6 is 11.6 Å². The quantitative estimate of drug-likeness (QED) is 0.208. The average molecular weight is 610 g/mol. The Hall–Kier alpha value is -4.11. The first-order valence-corrected chi connectivity index (χ1v) is 14.6. The summed E-state index contributed by atoms with van der Waals surface area (Å²) in [6.45, 7) is 2.19. The van der Waals surface area contributed by atoms with Gasteiger partial charge in [0.25, 0.3) is 11.8 Å². The van der Waals surface area contributed by atoms with E-state index >= 15 is 0 Å². The van der Waals surface area contributed by atoms with Gasteiger partial charge in [-0.1, -0.05) is 74.2 Å². The average Bonchev–Trinajstić information content (AvgIpc) is 3.43. The van der Waals surface area contributed by atoms with Crippen LogP contribution in [0.5, 0.6) is 0 Å². The molecule has 2 unspecified atom stereocenters. The molecule has 2 atom stereocenters. The van der Waals surface area contributed by atoms with E-state index in [1.54, 1.807) is 72.8 Å². The van der Waals surface area contributed by atoms with Crippen molar-refractivity contribution in [3.8, 4) is 11.1 Å². The summed E-state index contributed by atoms with van der Waals surface area (Å²) in [6, 6.07) is 20.4. The molecule has 0 saturated heterocycles. The summed E-state index contributed by atoms with van der Waals surface area (Å²) in [5.74, 6) is -1.21. The molecule has 0 bridgehead atoms. The lowest BCUT2D eigenvalue weighted by Gasteiger charge is -2.26. The number of anilines is 2. The SMILES string of the molecule is CC1CCCC(CCc2nc(C(F)(F)F)c(C(=O)Nc3ccc(-c4ccc(C(=O)Nc5ccccc5Cl)cc4)cc3)o2)C1. The van der Waals surface area contributed by atoms with E-state index in [2.05, 4.69) is 22.5 Å². The van der Waals surface area contributed by atoms with E-state index < -0.39 is 23.5 Å². The number of rotatable bonds is 8. The van der Waals surface area contributed by atoms with E-state index in [-0.39, 0.29) is 18.2 Å². The number of carbonyl (C=O) groups excluding carboxylic acids is 2. The van der Waals surface area contributed by atoms with E-state index in [0.717, 1.165) is 30.4 Å². The molecule has 1 fully saturated rings. The van der Waals surface area contributed by atoms with Gasteiger partial charge in [-0.2, -0.15) is 13.2 Å². The smallest absolute Gasteiger partial charge is 0.435 e. The fourth-order valence-corrected chi connectivity index (χ4v) is 5.65. The number of benzene rings is 3. The third-order valence-electron chi connectivity index (χ3n) is 7.70. The van der Waals surface area contributed by atoms with Crippen LogP contribution in [0, 0.1) is 11.8 Å². The maximum absolute atomic E-state index is 13.7. The van der Waals surface area contributed by atoms with E-state index in [9.17, 15) is 22.8 Å². The van der Waals surface area contributed by atoms with Gasteiger partial charge in [0.15, 0.2) is 11.6 Å². The van der Waals surface area contributed by atoms with Gasteiger partial charge in [0.1, 0.15) is 0 Å². The molecule has 3 aromatic carbocycles. The van der Waals surface area contributed by atoms with E-state index in [1.165, 1.54) is 6.42 Å². The number of carbonyl (C=O) groups is 2. The van der Waals surface area contributed by atoms with Gasteiger partial charge in [-0.05, 0) is 72.2 Å². The monoisotopic (exact) mass is 609 g/mol. The highest BCUT2D eigenvalue weighted by atomic mass is 35.5. The van der Waals surface area contributed by atoms with Gasteiger partial charge in [0.05, 0.1) is 10.7 Å². The Labute approximate surface area is 252 Å². The molecule has 1 aliphatic carbocycles. The molecule has 1 saturated carbocycles. The van der Waals surface area contributed by atoms with Crippen LogP contribution in [0.3, 0.4) is 0 Å². The molecule has 1 heterocycles. The topological polar surface area (TPSA) is 84.2 Å². The highest BCUT2D eigenvalue weighted by Gasteiger charge is 2.41. The van der Waals surface area contributed by atoms with Crippen LogP contribution in [0.15, 0.2) is 77.2 Å². The van der Waals surface area contributed by atoms with Gasteiger partial charge in [0.2, 0.25) is 5.76 Å². The molecule has 0 radical (unpaired) electrons. The third-order valence-corrected chi connectivity index (χ3v) is 8.03. The summed E-state index contributed by atoms with van der Waals surface area (Å²) < 4.78 is 46.5. The molecule has 4 aromatic rings. The molecular formula is C33H31ClF3N3O3. The standard InChI is InChI=1S/C33H31ClF3N3O3/c1-20-5-4-6-21(19-20)9-18-28-40-30(33(35,36)37)29(43-28)32(42)38-25-16-14-23(15-17-25)22-10-12-24(13-11-22)31(41)39-27-8-3-2-7-26(27)34/h2-3,7-8,10-17,20-21H,4-6,9,18-19H2,1H3,(H,38,42)(H,39,41). The molecule has 10 heteroatoms. The molecule has 5 rings (SSSR count). The van der Waals surface area contributed by atoms with Crippen LogP contribution in [-0.4, -0.2) is 16.8 Å². The Morgan fingerprint density at radius 3 is 2.26 bits per heavy atom. The number of aromatic nitrogens is 1. The van der Waals surface area contributed by atoms with Crippen molar-refractivity contribution < 1.29 is 27.2 Å². The Kier molecular flexibility index (Phi) is 9.20. The summed E-state index contributed by atoms with van der Waals surface area (Å²) >= 11 is 6.11. The summed E-state index contributed by atoms with van der Waals surface area (Å²) in [4.78, 5) is 29.1. The second-order valence-corrected chi connectivity index (χ2v) is 11.4. The highest BCUT2D eigenvalue weighted by molar-refractivity contribution is 6.33. The fraction of sp³-hybridized carbons (Fsp3) is 0.303. The Bertz CT molecular complexity index is 1580. The number of alkyl halides is 3. The largest absolute Gasteiger partial charge is 0.437 e. The lowest BCUT2D eigenvalue weighted by Crippen LogP contribution is -2.17. The Morgan fingerprint density at radius 2 is 1.60 bits per heavy atom. The van der Waals surface area contributed by atoms with E-state index in [0.29, 0.717) is 40.2 Å². The first-order chi connectivity index (χ1) is 20.6. The number of nitrogens with zero attached hydrogens (tertiary/aromatic N) is 1. The molecule has 2 amide bonds. The molecule has 6 nitrogen and oxygen atoms in total. The highest BCUT2D eigenvalue weighted by Crippen LogP contribution is 2.35. The molecule has 1 aliphatic rings. The first kappa shape index (κ1) is 30.4. The first-order valence-electron chi connectivity index (χ1n) is 14.2. The number of hydrogen-bond acceptors (Lipinski definition) is 4. The van der Waals surface area contributed by atoms with Crippen LogP contribution in [-0.2, 0) is 12.6 Å². The van der Waals surface area contributed by atoms with Crippen LogP contribution in [0.1, 0.15) is 71.5 Å². The number of oxazole rings is 1. The lowest BCUT2D eigenvalue weighted by molar-refractivity contribution is -0.141. The molecule has 0 spiro atoms. The van der Waals surface area contributed by atoms with Crippen LogP contribution in [0.4, 0.5) is 24.5 Å². The van der Waals surface area contributed by atoms with Gasteiger partial charge < -0.3 is 15.1 Å². The van der Waals surface area contributed by atoms with Crippen molar-refractivity contribution in [3.63, 3.8) is 0 Å². The normalized spacial score (nSPS) is 17.0. The fourth-order valence-electron chi connectivity index (χ4n) is 5.47. The van der Waals surface area contributed by atoms with Crippen molar-refractivity contribution in [2.24, 2.45) is 11.8 Å². The lowest BCUT2D eigenvalue weighted by atomic mass is 9.80. The second kappa shape index (κ2) is 13.0. The number of hydrogen-bond donors (Lipinski definition) is 2. The van der Waals surface area contributed by atoms with E-state index in [4.69, 9.17) is 16.0 Å². The van der Waals surface area contributed by atoms with Crippen LogP contribution in [0.25, 0.3) is 11.1 Å². The van der Waals surface area contributed by atoms with Crippen molar-refractivity contribution in [2.45, 2.75) is 51.6 Å². The minimum atomic E-state index is -4.83. The number of aryl methyl sites for hydroxylation is 1. The predicted molar refractivity (Wildman–Crippen MR) is 160 cm³/mol. The van der Waals surface area contributed by atoms with Gasteiger partial charge >= 0.3 is 6.18 Å². The van der Waals surface area contributed by atoms with Gasteiger partial charge in [-0.15, -0.1) is 0 Å². The van der Waals surface area contributed by atoms with Gasteiger partial charge in [0, 0.05) is 17.7 Å². The predicted octanol–water partition coefficient (Wildman–Crippen LogP) is 9.28. The number of nitrogens with one attached hydrogen (secondary N) is 2. The van der Waals surface area contributed by atoms with Gasteiger partial charge in [-0.3, -0.25) is 9.59 Å². The summed E-state index contributed by atoms with van der Waals surface area (Å²) in [5.41, 5.74) is 1.52. The number of para-hydroxylation sites is 1. The Morgan fingerprint density at radius 1 is 0.930 bits per heavy atom. The molecule has 0 aliphatic heterocycles. The Balaban J connectivity index is 1.23. The molecular weight excluding hydrogens is 579 g/mol. The number of halogens is 4. The number of amides is 2. The minimum absolute atomic E-state index is 0.0740. The van der Waals surface area contributed by atoms with Crippen LogP contribution < -0.4 is 10.6 Å². The summed E-state index contributed by atoms with van der Waals surface area (Å²) in [6.07, 6.45) is 0.483. The molecule has 224 valence electrons. The van der Waals surface area contributed by atoms with Crippen molar-refractivity contribution in [2.75, 3.05) is 10.6 Å². The van der Waals surface area contributed by atoms with E-state index in [1.807, 2.05) is 0 Å². The summed E-state index contributed by atoms with van der Waals surface area (Å²) in [5, 5.41) is 5.69. The third kappa shape index (κ3) is 7.65. The molecule has 2 N–H and O–H groups in total. The summed E-state index contributed by atoms with van der Waals surface area (Å²) in [7, 11) is 0. The van der Waals surface area contributed by atoms with Crippen molar-refractivity contribution in [1.82, 2.24) is 4.98 Å². The molecule has 1 aromatic heterocycles. The van der Waals surface area contributed by atoms with Crippen LogP contribution in [0.2, 0.25) is 5.02 Å².